The zero-order chi connectivity index (χ0) is 31.6. The van der Waals surface area contributed by atoms with Crippen molar-refractivity contribution in [2.45, 2.75) is 0 Å². The molecule has 0 aliphatic rings. The number of anilines is 5. The third-order valence-corrected chi connectivity index (χ3v) is 5.14. The molecule has 3 rings (SSSR count). The number of nitrogens with zero attached hydrogens (tertiary/aromatic N) is 3. The van der Waals surface area contributed by atoms with Crippen molar-refractivity contribution >= 4 is 47.1 Å². The molecule has 2 aromatic carbocycles. The van der Waals surface area contributed by atoms with E-state index >= 15 is 0 Å². The SMILES string of the molecule is C=CC(=O)OCCNc1nc(Nc2cccc(OCCOC(=O)C=C)c2)nc(Nc2cccc(OCCOC(=O)C=C)c2)n1. The van der Waals surface area contributed by atoms with Crippen LogP contribution in [0.25, 0.3) is 0 Å². The number of hydrogen-bond donors (Lipinski definition) is 3. The van der Waals surface area contributed by atoms with Crippen molar-refractivity contribution in [1.29, 1.82) is 0 Å². The number of nitrogens with one attached hydrogen (secondary N) is 3. The lowest BCUT2D eigenvalue weighted by atomic mass is 10.3. The van der Waals surface area contributed by atoms with Crippen molar-refractivity contribution in [2.24, 2.45) is 0 Å². The molecule has 0 amide bonds. The minimum absolute atomic E-state index is 0.0606. The molecular weight excluding hydrogens is 572 g/mol. The van der Waals surface area contributed by atoms with Crippen LogP contribution in [0.2, 0.25) is 0 Å². The second-order valence-electron chi connectivity index (χ2n) is 8.35. The molecule has 0 atom stereocenters. The minimum Gasteiger partial charge on any atom is -0.490 e. The molecule has 0 aliphatic carbocycles. The van der Waals surface area contributed by atoms with Crippen LogP contribution in [0.5, 0.6) is 11.5 Å². The van der Waals surface area contributed by atoms with Gasteiger partial charge in [-0.1, -0.05) is 31.9 Å². The summed E-state index contributed by atoms with van der Waals surface area (Å²) in [6.45, 7) is 10.8. The molecule has 0 fully saturated rings. The Hall–Kier alpha value is -5.92. The van der Waals surface area contributed by atoms with Crippen LogP contribution in [0.4, 0.5) is 29.2 Å². The van der Waals surface area contributed by atoms with Crippen LogP contribution < -0.4 is 25.4 Å². The summed E-state index contributed by atoms with van der Waals surface area (Å²) in [4.78, 5) is 47.0. The third-order valence-electron chi connectivity index (χ3n) is 5.14. The van der Waals surface area contributed by atoms with E-state index in [4.69, 9.17) is 23.7 Å². The van der Waals surface area contributed by atoms with Crippen LogP contribution in [0.3, 0.4) is 0 Å². The fourth-order valence-corrected chi connectivity index (χ4v) is 3.25. The van der Waals surface area contributed by atoms with Crippen molar-refractivity contribution < 1.29 is 38.1 Å². The van der Waals surface area contributed by atoms with Crippen molar-refractivity contribution in [1.82, 2.24) is 15.0 Å². The van der Waals surface area contributed by atoms with Gasteiger partial charge in [0.1, 0.15) is 44.5 Å². The van der Waals surface area contributed by atoms with Crippen molar-refractivity contribution in [3.63, 3.8) is 0 Å². The molecule has 1 aromatic heterocycles. The highest BCUT2D eigenvalue weighted by molar-refractivity contribution is 5.81. The second kappa shape index (κ2) is 17.8. The Bertz CT molecular complexity index is 1370. The van der Waals surface area contributed by atoms with Crippen LogP contribution >= 0.6 is 0 Å². The molecule has 0 saturated heterocycles. The summed E-state index contributed by atoms with van der Waals surface area (Å²) >= 11 is 0. The summed E-state index contributed by atoms with van der Waals surface area (Å²) in [5, 5.41) is 9.22. The molecule has 0 spiro atoms. The predicted molar refractivity (Wildman–Crippen MR) is 162 cm³/mol. The van der Waals surface area contributed by atoms with E-state index < -0.39 is 17.9 Å². The molecule has 0 saturated carbocycles. The maximum atomic E-state index is 11.3. The van der Waals surface area contributed by atoms with Crippen molar-refractivity contribution in [2.75, 3.05) is 55.5 Å². The first-order chi connectivity index (χ1) is 21.4. The van der Waals surface area contributed by atoms with Gasteiger partial charge in [-0.15, -0.1) is 0 Å². The summed E-state index contributed by atoms with van der Waals surface area (Å²) in [7, 11) is 0. The number of hydrogen-bond acceptors (Lipinski definition) is 14. The summed E-state index contributed by atoms with van der Waals surface area (Å²) < 4.78 is 26.1. The normalized spacial score (nSPS) is 10.0. The summed E-state index contributed by atoms with van der Waals surface area (Å²) in [6.07, 6.45) is 3.23. The van der Waals surface area contributed by atoms with Gasteiger partial charge < -0.3 is 39.6 Å². The van der Waals surface area contributed by atoms with Gasteiger partial charge >= 0.3 is 17.9 Å². The average molecular weight is 605 g/mol. The molecule has 3 aromatic rings. The molecule has 0 unspecified atom stereocenters. The lowest BCUT2D eigenvalue weighted by Gasteiger charge is -2.13. The van der Waals surface area contributed by atoms with Gasteiger partial charge in [-0.3, -0.25) is 0 Å². The van der Waals surface area contributed by atoms with Crippen LogP contribution in [-0.4, -0.2) is 72.4 Å². The number of rotatable bonds is 19. The smallest absolute Gasteiger partial charge is 0.330 e. The van der Waals surface area contributed by atoms with Crippen LogP contribution in [0.1, 0.15) is 0 Å². The zero-order valence-electron chi connectivity index (χ0n) is 23.8. The molecule has 0 radical (unpaired) electrons. The first-order valence-electron chi connectivity index (χ1n) is 13.3. The van der Waals surface area contributed by atoms with Gasteiger partial charge in [-0.25, -0.2) is 14.4 Å². The number of aromatic nitrogens is 3. The summed E-state index contributed by atoms with van der Waals surface area (Å²) in [6, 6.07) is 14.1. The fraction of sp³-hybridized carbons (Fsp3) is 0.200. The molecule has 3 N–H and O–H groups in total. The maximum Gasteiger partial charge on any atom is 0.330 e. The van der Waals surface area contributed by atoms with Gasteiger partial charge in [0.05, 0.1) is 6.54 Å². The van der Waals surface area contributed by atoms with Gasteiger partial charge in [0.25, 0.3) is 0 Å². The molecular formula is C30H32N6O8. The average Bonchev–Trinajstić information content (AvgIpc) is 3.03. The van der Waals surface area contributed by atoms with Gasteiger partial charge in [-0.2, -0.15) is 15.0 Å². The van der Waals surface area contributed by atoms with Gasteiger partial charge in [0, 0.05) is 41.7 Å². The first-order valence-corrected chi connectivity index (χ1v) is 13.3. The van der Waals surface area contributed by atoms with Gasteiger partial charge in [-0.05, 0) is 24.3 Å². The molecule has 0 bridgehead atoms. The van der Waals surface area contributed by atoms with E-state index in [-0.39, 0.29) is 57.4 Å². The number of carbonyl (C=O) groups is 3. The first kappa shape index (κ1) is 32.6. The Kier molecular flexibility index (Phi) is 13.2. The number of esters is 3. The minimum atomic E-state index is -0.547. The fourth-order valence-electron chi connectivity index (χ4n) is 3.25. The summed E-state index contributed by atoms with van der Waals surface area (Å²) in [5.41, 5.74) is 1.22. The topological polar surface area (TPSA) is 172 Å². The van der Waals surface area contributed by atoms with Gasteiger partial charge in [0.2, 0.25) is 17.8 Å². The van der Waals surface area contributed by atoms with Crippen LogP contribution in [0.15, 0.2) is 86.5 Å². The lowest BCUT2D eigenvalue weighted by Crippen LogP contribution is -2.15. The number of benzene rings is 2. The zero-order valence-corrected chi connectivity index (χ0v) is 23.8. The van der Waals surface area contributed by atoms with E-state index in [1.807, 2.05) is 0 Å². The van der Waals surface area contributed by atoms with E-state index in [1.165, 1.54) is 0 Å². The maximum absolute atomic E-state index is 11.3. The Morgan fingerprint density at radius 3 is 1.50 bits per heavy atom. The van der Waals surface area contributed by atoms with Crippen LogP contribution in [-0.2, 0) is 28.6 Å². The molecule has 14 nitrogen and oxygen atoms in total. The molecule has 14 heteroatoms. The lowest BCUT2D eigenvalue weighted by molar-refractivity contribution is -0.139. The van der Waals surface area contributed by atoms with Crippen LogP contribution in [0, 0.1) is 0 Å². The van der Waals surface area contributed by atoms with E-state index in [1.54, 1.807) is 48.5 Å². The van der Waals surface area contributed by atoms with Crippen molar-refractivity contribution in [3.8, 4) is 11.5 Å². The molecule has 0 aliphatic heterocycles. The Morgan fingerprint density at radius 2 is 1.05 bits per heavy atom. The largest absolute Gasteiger partial charge is 0.490 e. The molecule has 230 valence electrons. The van der Waals surface area contributed by atoms with E-state index in [2.05, 4.69) is 50.6 Å². The summed E-state index contributed by atoms with van der Waals surface area (Å²) in [5.74, 6) is 0.0329. The third kappa shape index (κ3) is 11.9. The van der Waals surface area contributed by atoms with E-state index in [0.29, 0.717) is 22.9 Å². The van der Waals surface area contributed by atoms with Gasteiger partial charge in [0.15, 0.2) is 0 Å². The highest BCUT2D eigenvalue weighted by atomic mass is 16.6. The standard InChI is InChI=1S/C30H32N6O8/c1-4-25(37)42-14-13-31-28-34-29(32-21-9-7-11-23(19-21)40-15-17-43-26(38)5-2)36-30(35-28)33-22-10-8-12-24(20-22)41-16-18-44-27(39)6-3/h4-12,19-20H,1-3,13-18H2,(H3,31,32,33,34,35,36). The number of ether oxygens (including phenoxy) is 5. The molecule has 44 heavy (non-hydrogen) atoms. The monoisotopic (exact) mass is 604 g/mol. The highest BCUT2D eigenvalue weighted by Crippen LogP contribution is 2.23. The Balaban J connectivity index is 1.71. The van der Waals surface area contributed by atoms with E-state index in [9.17, 15) is 14.4 Å². The Labute approximate surface area is 253 Å². The predicted octanol–water partition coefficient (Wildman–Crippen LogP) is 3.72. The number of carbonyl (C=O) groups excluding carboxylic acids is 3. The highest BCUT2D eigenvalue weighted by Gasteiger charge is 2.10. The quantitative estimate of drug-likeness (QED) is 0.0782. The van der Waals surface area contributed by atoms with E-state index in [0.717, 1.165) is 18.2 Å². The Morgan fingerprint density at radius 1 is 0.614 bits per heavy atom. The van der Waals surface area contributed by atoms with Crippen molar-refractivity contribution in [3.05, 3.63) is 86.5 Å². The second-order valence-corrected chi connectivity index (χ2v) is 8.35. The molecule has 1 heterocycles.